The van der Waals surface area contributed by atoms with Crippen molar-refractivity contribution in [3.63, 3.8) is 0 Å². The highest BCUT2D eigenvalue weighted by molar-refractivity contribution is 6.23. The fourth-order valence-electron chi connectivity index (χ4n) is 6.66. The van der Waals surface area contributed by atoms with Crippen LogP contribution in [0, 0.1) is 6.92 Å². The SMILES string of the molecule is Cc1ccc2c(c1)[C@]1(C[C@H]1c1ccc3c(Nc4cccc5c4OCC5O)nn(C(=O)OC(C)(C)C)c3c1)C(=O)N2C(=O)OC(C)(C)C. The van der Waals surface area contributed by atoms with Gasteiger partial charge in [-0.25, -0.2) is 14.5 Å². The second kappa shape index (κ2) is 10.3. The van der Waals surface area contributed by atoms with E-state index in [1.54, 1.807) is 53.7 Å². The summed E-state index contributed by atoms with van der Waals surface area (Å²) in [6.45, 7) is 12.8. The molecule has 3 heterocycles. The Hall–Kier alpha value is -4.90. The maximum absolute atomic E-state index is 14.2. The molecule has 1 saturated carbocycles. The second-order valence-electron chi connectivity index (χ2n) is 14.6. The molecule has 1 aliphatic carbocycles. The summed E-state index contributed by atoms with van der Waals surface area (Å²) in [6.07, 6.45) is -1.59. The minimum Gasteiger partial charge on any atom is -0.488 e. The molecule has 2 aliphatic heterocycles. The third kappa shape index (κ3) is 5.09. The van der Waals surface area contributed by atoms with Crippen LogP contribution in [0.15, 0.2) is 54.6 Å². The lowest BCUT2D eigenvalue weighted by molar-refractivity contribution is -0.120. The molecule has 3 aromatic carbocycles. The van der Waals surface area contributed by atoms with Gasteiger partial charge in [0.15, 0.2) is 5.82 Å². The molecule has 2 amide bonds. The smallest absolute Gasteiger partial charge is 0.435 e. The standard InChI is InChI=1S/C36H38N4O7/c1-19-11-14-26-23(15-19)36(31(42)39(26)32(43)46-34(2,3)4)17-24(36)20-12-13-21-27(16-20)40(33(44)47-35(5,6)7)38-30(21)37-25-10-8-9-22-28(41)18-45-29(22)25/h8-16,24,28,41H,17-18H2,1-7H3,(H,37,38)/t24-,28?,36-/m0/s1. The molecule has 3 atom stereocenters. The number of nitrogens with zero attached hydrogens (tertiary/aromatic N) is 3. The summed E-state index contributed by atoms with van der Waals surface area (Å²) in [4.78, 5) is 42.2. The lowest BCUT2D eigenvalue weighted by atomic mass is 9.91. The van der Waals surface area contributed by atoms with E-state index in [0.29, 0.717) is 45.8 Å². The number of carbonyl (C=O) groups is 3. The van der Waals surface area contributed by atoms with Gasteiger partial charge in [-0.3, -0.25) is 4.79 Å². The number of amides is 2. The lowest BCUT2D eigenvalue weighted by Gasteiger charge is -2.24. The summed E-state index contributed by atoms with van der Waals surface area (Å²) in [5, 5.41) is 18.9. The Bertz CT molecular complexity index is 1990. The van der Waals surface area contributed by atoms with Gasteiger partial charge in [0.25, 0.3) is 0 Å². The average Bonchev–Trinajstić information content (AvgIpc) is 3.36. The monoisotopic (exact) mass is 638 g/mol. The van der Waals surface area contributed by atoms with E-state index in [-0.39, 0.29) is 18.4 Å². The van der Waals surface area contributed by atoms with E-state index in [9.17, 15) is 19.5 Å². The van der Waals surface area contributed by atoms with E-state index < -0.39 is 34.9 Å². The molecular weight excluding hydrogens is 600 g/mol. The fraction of sp³-hybridized carbons (Fsp3) is 0.389. The van der Waals surface area contributed by atoms with Crippen molar-refractivity contribution in [2.45, 2.75) is 83.5 Å². The van der Waals surface area contributed by atoms with Crippen molar-refractivity contribution in [2.24, 2.45) is 0 Å². The molecule has 11 heteroatoms. The summed E-state index contributed by atoms with van der Waals surface area (Å²) in [7, 11) is 0. The highest BCUT2D eigenvalue weighted by Gasteiger charge is 2.68. The molecule has 2 N–H and O–H groups in total. The van der Waals surface area contributed by atoms with Crippen LogP contribution in [0.3, 0.4) is 0 Å². The molecule has 0 bridgehead atoms. The van der Waals surface area contributed by atoms with Crippen LogP contribution in [0.4, 0.5) is 26.8 Å². The molecule has 1 fully saturated rings. The Balaban J connectivity index is 1.30. The molecule has 7 rings (SSSR count). The van der Waals surface area contributed by atoms with Gasteiger partial charge in [0.2, 0.25) is 5.91 Å². The van der Waals surface area contributed by atoms with E-state index in [1.165, 1.54) is 9.58 Å². The van der Waals surface area contributed by atoms with Crippen LogP contribution < -0.4 is 15.0 Å². The minimum atomic E-state index is -0.938. The number of nitrogens with one attached hydrogen (secondary N) is 1. The van der Waals surface area contributed by atoms with E-state index >= 15 is 0 Å². The van der Waals surface area contributed by atoms with Crippen LogP contribution in [0.1, 0.15) is 82.2 Å². The van der Waals surface area contributed by atoms with Crippen molar-refractivity contribution in [2.75, 3.05) is 16.8 Å². The number of aliphatic hydroxyl groups excluding tert-OH is 1. The van der Waals surface area contributed by atoms with Gasteiger partial charge in [-0.05, 0) is 90.3 Å². The van der Waals surface area contributed by atoms with Gasteiger partial charge in [0, 0.05) is 16.9 Å². The molecule has 1 aromatic heterocycles. The number of rotatable bonds is 3. The zero-order valence-electron chi connectivity index (χ0n) is 27.5. The third-order valence-corrected chi connectivity index (χ3v) is 8.71. The van der Waals surface area contributed by atoms with Crippen LogP contribution >= 0.6 is 0 Å². The number of hydrogen-bond donors (Lipinski definition) is 2. The van der Waals surface area contributed by atoms with Crippen molar-refractivity contribution in [3.8, 4) is 5.75 Å². The second-order valence-corrected chi connectivity index (χ2v) is 14.6. The predicted molar refractivity (Wildman–Crippen MR) is 175 cm³/mol. The number of ether oxygens (including phenoxy) is 3. The highest BCUT2D eigenvalue weighted by Crippen LogP contribution is 2.66. The first-order chi connectivity index (χ1) is 22.1. The number of anilines is 3. The third-order valence-electron chi connectivity index (χ3n) is 8.71. The number of aryl methyl sites for hydroxylation is 1. The van der Waals surface area contributed by atoms with E-state index in [1.807, 2.05) is 49.4 Å². The summed E-state index contributed by atoms with van der Waals surface area (Å²) >= 11 is 0. The Kier molecular flexibility index (Phi) is 6.74. The Labute approximate surface area is 272 Å². The van der Waals surface area contributed by atoms with Gasteiger partial charge >= 0.3 is 12.2 Å². The molecule has 3 aliphatic rings. The molecule has 1 unspecified atom stereocenters. The van der Waals surface area contributed by atoms with Crippen LogP contribution in [0.25, 0.3) is 10.9 Å². The lowest BCUT2D eigenvalue weighted by Crippen LogP contribution is -2.41. The first kappa shape index (κ1) is 30.7. The fourth-order valence-corrected chi connectivity index (χ4v) is 6.66. The molecule has 0 saturated heterocycles. The molecule has 0 radical (unpaired) electrons. The predicted octanol–water partition coefficient (Wildman–Crippen LogP) is 7.00. The Morgan fingerprint density at radius 1 is 1.00 bits per heavy atom. The zero-order chi connectivity index (χ0) is 33.6. The number of fused-ring (bicyclic) bond motifs is 4. The number of carbonyl (C=O) groups excluding carboxylic acids is 3. The van der Waals surface area contributed by atoms with Gasteiger partial charge in [0.05, 0.1) is 22.3 Å². The molecule has 47 heavy (non-hydrogen) atoms. The number of aliphatic hydroxyl groups is 1. The van der Waals surface area contributed by atoms with Crippen molar-refractivity contribution in [1.82, 2.24) is 9.78 Å². The number of aromatic nitrogens is 2. The summed E-state index contributed by atoms with van der Waals surface area (Å²) in [6, 6.07) is 16.8. The van der Waals surface area contributed by atoms with Gasteiger partial charge in [-0.2, -0.15) is 4.68 Å². The number of para-hydroxylation sites is 1. The summed E-state index contributed by atoms with van der Waals surface area (Å²) in [5.74, 6) is 0.355. The van der Waals surface area contributed by atoms with Crippen LogP contribution in [0.5, 0.6) is 5.75 Å². The van der Waals surface area contributed by atoms with Crippen molar-refractivity contribution in [1.29, 1.82) is 0 Å². The topological polar surface area (TPSA) is 132 Å². The van der Waals surface area contributed by atoms with Crippen molar-refractivity contribution >= 4 is 46.2 Å². The highest BCUT2D eigenvalue weighted by atomic mass is 16.6. The summed E-state index contributed by atoms with van der Waals surface area (Å²) in [5.41, 5.74) is 2.42. The quantitative estimate of drug-likeness (QED) is 0.243. The number of imide groups is 1. The first-order valence-electron chi connectivity index (χ1n) is 15.7. The minimum absolute atomic E-state index is 0.153. The van der Waals surface area contributed by atoms with Gasteiger partial charge in [0.1, 0.15) is 29.7 Å². The number of hydrogen-bond acceptors (Lipinski definition) is 9. The number of benzene rings is 3. The molecular formula is C36H38N4O7. The van der Waals surface area contributed by atoms with Crippen LogP contribution in [-0.4, -0.2) is 50.8 Å². The molecule has 11 nitrogen and oxygen atoms in total. The largest absolute Gasteiger partial charge is 0.488 e. The van der Waals surface area contributed by atoms with Crippen LogP contribution in [0.2, 0.25) is 0 Å². The maximum atomic E-state index is 14.2. The van der Waals surface area contributed by atoms with E-state index in [4.69, 9.17) is 14.2 Å². The summed E-state index contributed by atoms with van der Waals surface area (Å²) < 4.78 is 18.3. The van der Waals surface area contributed by atoms with E-state index in [2.05, 4.69) is 10.4 Å². The van der Waals surface area contributed by atoms with Gasteiger partial charge in [-0.1, -0.05) is 35.9 Å². The van der Waals surface area contributed by atoms with Crippen molar-refractivity contribution < 1.29 is 33.7 Å². The maximum Gasteiger partial charge on any atom is 0.435 e. The first-order valence-corrected chi connectivity index (χ1v) is 15.7. The van der Waals surface area contributed by atoms with Gasteiger partial charge < -0.3 is 24.6 Å². The molecule has 244 valence electrons. The molecule has 1 spiro atoms. The van der Waals surface area contributed by atoms with Crippen molar-refractivity contribution in [3.05, 3.63) is 76.9 Å². The Morgan fingerprint density at radius 2 is 1.72 bits per heavy atom. The van der Waals surface area contributed by atoms with E-state index in [0.717, 1.165) is 16.7 Å². The van der Waals surface area contributed by atoms with Crippen LogP contribution in [-0.2, 0) is 19.7 Å². The molecule has 4 aromatic rings. The normalized spacial score (nSPS) is 21.4. The zero-order valence-corrected chi connectivity index (χ0v) is 27.5. The average molecular weight is 639 g/mol. The van der Waals surface area contributed by atoms with Gasteiger partial charge in [-0.15, -0.1) is 5.10 Å². The Morgan fingerprint density at radius 3 is 2.45 bits per heavy atom.